The molecule has 0 bridgehead atoms. The molecule has 0 spiro atoms. The van der Waals surface area contributed by atoms with Gasteiger partial charge < -0.3 is 10.4 Å². The third-order valence-electron chi connectivity index (χ3n) is 2.18. The van der Waals surface area contributed by atoms with E-state index in [0.717, 1.165) is 18.2 Å². The first-order valence-corrected chi connectivity index (χ1v) is 4.96. The average Bonchev–Trinajstić information content (AvgIpc) is 2.40. The summed E-state index contributed by atoms with van der Waals surface area (Å²) in [5, 5.41) is 17.8. The lowest BCUT2D eigenvalue weighted by atomic mass is 10.2. The summed E-state index contributed by atoms with van der Waals surface area (Å²) in [7, 11) is 0. The summed E-state index contributed by atoms with van der Waals surface area (Å²) in [5.41, 5.74) is -0.632. The standard InChI is InChI=1S/C11H6F3N3O2/c12-5-1-2-6(10(14)9(5)13)15-8-4-3-7(11(18)19)16-17-8/h1-4H,(H,15,17)(H,18,19). The first-order valence-electron chi connectivity index (χ1n) is 4.96. The van der Waals surface area contributed by atoms with E-state index in [1.54, 1.807) is 0 Å². The number of rotatable bonds is 3. The van der Waals surface area contributed by atoms with Gasteiger partial charge in [0.25, 0.3) is 0 Å². The summed E-state index contributed by atoms with van der Waals surface area (Å²) in [4.78, 5) is 10.5. The number of nitrogens with zero attached hydrogens (tertiary/aromatic N) is 2. The monoisotopic (exact) mass is 269 g/mol. The Hall–Kier alpha value is -2.64. The van der Waals surface area contributed by atoms with E-state index in [2.05, 4.69) is 15.5 Å². The molecule has 0 radical (unpaired) electrons. The van der Waals surface area contributed by atoms with E-state index in [4.69, 9.17) is 5.11 Å². The molecule has 19 heavy (non-hydrogen) atoms. The number of aromatic carboxylic acids is 1. The predicted molar refractivity (Wildman–Crippen MR) is 58.6 cm³/mol. The van der Waals surface area contributed by atoms with Crippen LogP contribution in [0.1, 0.15) is 10.5 Å². The highest BCUT2D eigenvalue weighted by molar-refractivity contribution is 5.85. The van der Waals surface area contributed by atoms with Crippen molar-refractivity contribution < 1.29 is 23.1 Å². The van der Waals surface area contributed by atoms with Crippen molar-refractivity contribution in [1.29, 1.82) is 0 Å². The Labute approximate surface area is 104 Å². The van der Waals surface area contributed by atoms with Gasteiger partial charge in [-0.25, -0.2) is 18.0 Å². The smallest absolute Gasteiger partial charge is 0.356 e. The van der Waals surface area contributed by atoms with Crippen molar-refractivity contribution in [1.82, 2.24) is 10.2 Å². The van der Waals surface area contributed by atoms with Crippen molar-refractivity contribution in [2.45, 2.75) is 0 Å². The summed E-state index contributed by atoms with van der Waals surface area (Å²) in [6.07, 6.45) is 0. The van der Waals surface area contributed by atoms with Crippen LogP contribution in [-0.2, 0) is 0 Å². The fourth-order valence-corrected chi connectivity index (χ4v) is 1.27. The Morgan fingerprint density at radius 2 is 1.79 bits per heavy atom. The molecule has 0 atom stereocenters. The van der Waals surface area contributed by atoms with Crippen molar-refractivity contribution >= 4 is 17.5 Å². The maximum atomic E-state index is 13.3. The van der Waals surface area contributed by atoms with Crippen LogP contribution in [0.25, 0.3) is 0 Å². The van der Waals surface area contributed by atoms with Crippen LogP contribution in [0.15, 0.2) is 24.3 Å². The summed E-state index contributed by atoms with van der Waals surface area (Å²) >= 11 is 0. The minimum atomic E-state index is -1.61. The van der Waals surface area contributed by atoms with Crippen LogP contribution < -0.4 is 5.32 Å². The molecule has 1 heterocycles. The second kappa shape index (κ2) is 4.92. The fraction of sp³-hybridized carbons (Fsp3) is 0. The van der Waals surface area contributed by atoms with Gasteiger partial charge in [-0.1, -0.05) is 0 Å². The van der Waals surface area contributed by atoms with E-state index in [9.17, 15) is 18.0 Å². The van der Waals surface area contributed by atoms with E-state index in [-0.39, 0.29) is 17.2 Å². The Morgan fingerprint density at radius 3 is 2.37 bits per heavy atom. The number of nitrogens with one attached hydrogen (secondary N) is 1. The number of halogens is 3. The molecular formula is C11H6F3N3O2. The van der Waals surface area contributed by atoms with Gasteiger partial charge in [-0.15, -0.1) is 10.2 Å². The summed E-state index contributed by atoms with van der Waals surface area (Å²) in [6.45, 7) is 0. The second-order valence-corrected chi connectivity index (χ2v) is 3.46. The molecule has 5 nitrogen and oxygen atoms in total. The molecule has 98 valence electrons. The van der Waals surface area contributed by atoms with Gasteiger partial charge in [-0.3, -0.25) is 0 Å². The zero-order valence-corrected chi connectivity index (χ0v) is 9.19. The van der Waals surface area contributed by atoms with Crippen LogP contribution in [-0.4, -0.2) is 21.3 Å². The maximum absolute atomic E-state index is 13.3. The number of hydrogen-bond donors (Lipinski definition) is 2. The molecule has 0 amide bonds. The SMILES string of the molecule is O=C(O)c1ccc(Nc2ccc(F)c(F)c2F)nn1. The Bertz CT molecular complexity index is 632. The van der Waals surface area contributed by atoms with Crippen LogP contribution in [0.2, 0.25) is 0 Å². The van der Waals surface area contributed by atoms with E-state index in [0.29, 0.717) is 0 Å². The molecule has 8 heteroatoms. The second-order valence-electron chi connectivity index (χ2n) is 3.46. The molecule has 2 N–H and O–H groups in total. The molecule has 0 saturated carbocycles. The lowest BCUT2D eigenvalue weighted by Gasteiger charge is -2.07. The topological polar surface area (TPSA) is 75.1 Å². The average molecular weight is 269 g/mol. The van der Waals surface area contributed by atoms with Crippen molar-refractivity contribution in [3.8, 4) is 0 Å². The molecule has 0 fully saturated rings. The predicted octanol–water partition coefficient (Wildman–Crippen LogP) is 2.34. The molecular weight excluding hydrogens is 263 g/mol. The number of aromatic nitrogens is 2. The van der Waals surface area contributed by atoms with Crippen LogP contribution in [0.4, 0.5) is 24.7 Å². The van der Waals surface area contributed by atoms with Gasteiger partial charge in [0, 0.05) is 0 Å². The Balaban J connectivity index is 2.26. The van der Waals surface area contributed by atoms with Gasteiger partial charge in [0.2, 0.25) is 0 Å². The molecule has 1 aromatic carbocycles. The van der Waals surface area contributed by atoms with Crippen LogP contribution in [0.5, 0.6) is 0 Å². The molecule has 0 aliphatic carbocycles. The number of carboxylic acid groups (broad SMARTS) is 1. The number of carbonyl (C=O) groups is 1. The largest absolute Gasteiger partial charge is 0.476 e. The lowest BCUT2D eigenvalue weighted by Crippen LogP contribution is -2.05. The van der Waals surface area contributed by atoms with Crippen LogP contribution in [0, 0.1) is 17.5 Å². The normalized spacial score (nSPS) is 10.3. The van der Waals surface area contributed by atoms with E-state index in [1.165, 1.54) is 6.07 Å². The fourth-order valence-electron chi connectivity index (χ4n) is 1.27. The quantitative estimate of drug-likeness (QED) is 0.836. The highest BCUT2D eigenvalue weighted by atomic mass is 19.2. The first-order chi connectivity index (χ1) is 8.99. The summed E-state index contributed by atoms with van der Waals surface area (Å²) in [6, 6.07) is 4.09. The highest BCUT2D eigenvalue weighted by Gasteiger charge is 2.14. The third kappa shape index (κ3) is 2.62. The molecule has 2 rings (SSSR count). The van der Waals surface area contributed by atoms with Crippen molar-refractivity contribution in [2.75, 3.05) is 5.32 Å². The number of anilines is 2. The molecule has 0 aliphatic rings. The highest BCUT2D eigenvalue weighted by Crippen LogP contribution is 2.22. The van der Waals surface area contributed by atoms with Gasteiger partial charge in [0.1, 0.15) is 0 Å². The Kier molecular flexibility index (Phi) is 3.32. The maximum Gasteiger partial charge on any atom is 0.356 e. The van der Waals surface area contributed by atoms with Crippen LogP contribution in [0.3, 0.4) is 0 Å². The van der Waals surface area contributed by atoms with E-state index < -0.39 is 23.4 Å². The minimum absolute atomic E-state index is 0.00471. The van der Waals surface area contributed by atoms with E-state index in [1.807, 2.05) is 0 Å². The van der Waals surface area contributed by atoms with Gasteiger partial charge in [-0.05, 0) is 24.3 Å². The first kappa shape index (κ1) is 12.8. The molecule has 2 aromatic rings. The minimum Gasteiger partial charge on any atom is -0.476 e. The molecule has 0 saturated heterocycles. The van der Waals surface area contributed by atoms with E-state index >= 15 is 0 Å². The Morgan fingerprint density at radius 1 is 1.05 bits per heavy atom. The number of hydrogen-bond acceptors (Lipinski definition) is 4. The van der Waals surface area contributed by atoms with Gasteiger partial charge in [-0.2, -0.15) is 0 Å². The third-order valence-corrected chi connectivity index (χ3v) is 2.18. The zero-order valence-electron chi connectivity index (χ0n) is 9.19. The van der Waals surface area contributed by atoms with Crippen LogP contribution >= 0.6 is 0 Å². The number of carboxylic acids is 1. The van der Waals surface area contributed by atoms with Crippen molar-refractivity contribution in [3.63, 3.8) is 0 Å². The van der Waals surface area contributed by atoms with Gasteiger partial charge in [0.15, 0.2) is 29.0 Å². The molecule has 1 aromatic heterocycles. The summed E-state index contributed by atoms with van der Waals surface area (Å²) < 4.78 is 39.0. The van der Waals surface area contributed by atoms with Gasteiger partial charge >= 0.3 is 5.97 Å². The number of benzene rings is 1. The van der Waals surface area contributed by atoms with Crippen molar-refractivity contribution in [3.05, 3.63) is 47.4 Å². The molecule has 0 unspecified atom stereocenters. The summed E-state index contributed by atoms with van der Waals surface area (Å²) in [5.74, 6) is -5.59. The van der Waals surface area contributed by atoms with Crippen molar-refractivity contribution in [2.24, 2.45) is 0 Å². The lowest BCUT2D eigenvalue weighted by molar-refractivity contribution is 0.0689. The zero-order chi connectivity index (χ0) is 14.0. The molecule has 0 aliphatic heterocycles. The van der Waals surface area contributed by atoms with Gasteiger partial charge in [0.05, 0.1) is 5.69 Å².